The van der Waals surface area contributed by atoms with Crippen LogP contribution in [0.1, 0.15) is 17.2 Å². The molecule has 1 atom stereocenters. The molecule has 1 unspecified atom stereocenters. The van der Waals surface area contributed by atoms with E-state index in [4.69, 9.17) is 10.2 Å². The maximum atomic E-state index is 9.83. The second-order valence-corrected chi connectivity index (χ2v) is 3.37. The van der Waals surface area contributed by atoms with Crippen LogP contribution in [0.3, 0.4) is 0 Å². The van der Waals surface area contributed by atoms with Crippen molar-refractivity contribution < 1.29 is 9.52 Å². The molecule has 0 saturated heterocycles. The number of aliphatic hydroxyl groups excluding tert-OH is 1. The molecule has 0 radical (unpaired) electrons. The van der Waals surface area contributed by atoms with Crippen LogP contribution in [0.25, 0.3) is 0 Å². The summed E-state index contributed by atoms with van der Waals surface area (Å²) in [5.74, 6) is 0.465. The Morgan fingerprint density at radius 3 is 3.00 bits per heavy atom. The van der Waals surface area contributed by atoms with Gasteiger partial charge >= 0.3 is 0 Å². The van der Waals surface area contributed by atoms with Crippen molar-refractivity contribution in [2.45, 2.75) is 12.5 Å². The van der Waals surface area contributed by atoms with Gasteiger partial charge in [-0.05, 0) is 23.8 Å². The van der Waals surface area contributed by atoms with Crippen LogP contribution in [0.15, 0.2) is 41.3 Å². The van der Waals surface area contributed by atoms with Gasteiger partial charge in [0, 0.05) is 18.2 Å². The zero-order valence-electron chi connectivity index (χ0n) is 8.13. The van der Waals surface area contributed by atoms with Crippen LogP contribution in [0.5, 0.6) is 0 Å². The summed E-state index contributed by atoms with van der Waals surface area (Å²) < 4.78 is 4.90. The first-order valence-corrected chi connectivity index (χ1v) is 4.66. The number of aliphatic hydroxyl groups is 1. The highest BCUT2D eigenvalue weighted by Gasteiger charge is 2.09. The minimum Gasteiger partial charge on any atom is -0.472 e. The summed E-state index contributed by atoms with van der Waals surface area (Å²) in [6, 6.07) is 5.33. The molecule has 4 heteroatoms. The van der Waals surface area contributed by atoms with E-state index in [-0.39, 0.29) is 0 Å². The number of rotatable bonds is 3. The molecule has 2 aromatic heterocycles. The molecule has 15 heavy (non-hydrogen) atoms. The average molecular weight is 204 g/mol. The molecule has 4 nitrogen and oxygen atoms in total. The van der Waals surface area contributed by atoms with Crippen molar-refractivity contribution in [3.8, 4) is 0 Å². The highest BCUT2D eigenvalue weighted by Crippen LogP contribution is 2.18. The number of hydrogen-bond donors (Lipinski definition) is 2. The largest absolute Gasteiger partial charge is 0.472 e. The summed E-state index contributed by atoms with van der Waals surface area (Å²) in [6.07, 6.45) is 4.65. The van der Waals surface area contributed by atoms with E-state index in [1.165, 1.54) is 6.26 Å². The third-order valence-corrected chi connectivity index (χ3v) is 2.20. The van der Waals surface area contributed by atoms with Crippen LogP contribution in [0.4, 0.5) is 5.82 Å². The van der Waals surface area contributed by atoms with Gasteiger partial charge < -0.3 is 15.3 Å². The molecular weight excluding hydrogens is 192 g/mol. The molecule has 2 rings (SSSR count). The van der Waals surface area contributed by atoms with Crippen molar-refractivity contribution in [2.75, 3.05) is 5.73 Å². The van der Waals surface area contributed by atoms with Crippen molar-refractivity contribution in [3.05, 3.63) is 48.0 Å². The monoisotopic (exact) mass is 204 g/mol. The summed E-state index contributed by atoms with van der Waals surface area (Å²) in [6.45, 7) is 0. The Morgan fingerprint density at radius 1 is 1.47 bits per heavy atom. The maximum absolute atomic E-state index is 9.83. The van der Waals surface area contributed by atoms with Crippen molar-refractivity contribution >= 4 is 5.82 Å². The molecule has 0 spiro atoms. The Kier molecular flexibility index (Phi) is 2.69. The maximum Gasteiger partial charge on any atom is 0.123 e. The molecule has 78 valence electrons. The topological polar surface area (TPSA) is 72.3 Å². The SMILES string of the molecule is Nc1cc(CC(O)c2ccoc2)ccn1. The first kappa shape index (κ1) is 9.73. The molecule has 0 aliphatic carbocycles. The second kappa shape index (κ2) is 4.14. The quantitative estimate of drug-likeness (QED) is 0.795. The standard InChI is InChI=1S/C11H12N2O2/c12-11-6-8(1-3-13-11)5-10(14)9-2-4-15-7-9/h1-4,6-7,10,14H,5H2,(H2,12,13). The molecule has 3 N–H and O–H groups in total. The minimum absolute atomic E-state index is 0.465. The number of nitrogen functional groups attached to an aromatic ring is 1. The summed E-state index contributed by atoms with van der Waals surface area (Å²) in [7, 11) is 0. The van der Waals surface area contributed by atoms with E-state index in [1.807, 2.05) is 6.07 Å². The summed E-state index contributed by atoms with van der Waals surface area (Å²) in [4.78, 5) is 3.89. The first-order chi connectivity index (χ1) is 7.25. The van der Waals surface area contributed by atoms with Crippen molar-refractivity contribution in [3.63, 3.8) is 0 Å². The molecular formula is C11H12N2O2. The lowest BCUT2D eigenvalue weighted by molar-refractivity contribution is 0.177. The number of aromatic nitrogens is 1. The van der Waals surface area contributed by atoms with Gasteiger partial charge in [-0.25, -0.2) is 4.98 Å². The summed E-state index contributed by atoms with van der Waals surface area (Å²) >= 11 is 0. The average Bonchev–Trinajstić information content (AvgIpc) is 2.70. The van der Waals surface area contributed by atoms with Crippen LogP contribution >= 0.6 is 0 Å². The second-order valence-electron chi connectivity index (χ2n) is 3.37. The molecule has 2 heterocycles. The number of nitrogens with zero attached hydrogens (tertiary/aromatic N) is 1. The fourth-order valence-electron chi connectivity index (χ4n) is 1.43. The zero-order chi connectivity index (χ0) is 10.7. The van der Waals surface area contributed by atoms with Gasteiger partial charge in [-0.15, -0.1) is 0 Å². The number of hydrogen-bond acceptors (Lipinski definition) is 4. The van der Waals surface area contributed by atoms with Gasteiger partial charge in [-0.3, -0.25) is 0 Å². The molecule has 0 bridgehead atoms. The van der Waals surface area contributed by atoms with Gasteiger partial charge in [-0.1, -0.05) is 0 Å². The smallest absolute Gasteiger partial charge is 0.123 e. The lowest BCUT2D eigenvalue weighted by Gasteiger charge is -2.08. The fourth-order valence-corrected chi connectivity index (χ4v) is 1.43. The van der Waals surface area contributed by atoms with E-state index < -0.39 is 6.10 Å². The van der Waals surface area contributed by atoms with E-state index >= 15 is 0 Å². The van der Waals surface area contributed by atoms with Gasteiger partial charge in [0.1, 0.15) is 5.82 Å². The third-order valence-electron chi connectivity index (χ3n) is 2.20. The number of pyridine rings is 1. The Morgan fingerprint density at radius 2 is 2.33 bits per heavy atom. The molecule has 0 aliphatic heterocycles. The van der Waals surface area contributed by atoms with Crippen LogP contribution in [-0.2, 0) is 6.42 Å². The number of nitrogens with two attached hydrogens (primary N) is 1. The zero-order valence-corrected chi connectivity index (χ0v) is 8.13. The van der Waals surface area contributed by atoms with Crippen molar-refractivity contribution in [1.82, 2.24) is 4.98 Å². The predicted octanol–water partition coefficient (Wildman–Crippen LogP) is 1.53. The Hall–Kier alpha value is -1.81. The van der Waals surface area contributed by atoms with Gasteiger partial charge in [0.15, 0.2) is 0 Å². The lowest BCUT2D eigenvalue weighted by Crippen LogP contribution is -2.01. The normalized spacial score (nSPS) is 12.6. The summed E-state index contributed by atoms with van der Waals surface area (Å²) in [5, 5.41) is 9.83. The third kappa shape index (κ3) is 2.35. The fraction of sp³-hybridized carbons (Fsp3) is 0.182. The Bertz CT molecular complexity index is 426. The Labute approximate surface area is 87.4 Å². The highest BCUT2D eigenvalue weighted by molar-refractivity contribution is 5.32. The molecule has 0 fully saturated rings. The molecule has 0 saturated carbocycles. The van der Waals surface area contributed by atoms with Crippen LogP contribution in [0.2, 0.25) is 0 Å². The van der Waals surface area contributed by atoms with Crippen LogP contribution < -0.4 is 5.73 Å². The summed E-state index contributed by atoms with van der Waals surface area (Å²) in [5.41, 5.74) is 7.27. The molecule has 0 aliphatic rings. The van der Waals surface area contributed by atoms with Gasteiger partial charge in [0.2, 0.25) is 0 Å². The van der Waals surface area contributed by atoms with Crippen molar-refractivity contribution in [2.24, 2.45) is 0 Å². The van der Waals surface area contributed by atoms with Crippen molar-refractivity contribution in [1.29, 1.82) is 0 Å². The van der Waals surface area contributed by atoms with Crippen LogP contribution in [-0.4, -0.2) is 10.1 Å². The number of furan rings is 1. The van der Waals surface area contributed by atoms with E-state index in [2.05, 4.69) is 4.98 Å². The minimum atomic E-state index is -0.564. The van der Waals surface area contributed by atoms with E-state index in [1.54, 1.807) is 24.6 Å². The van der Waals surface area contributed by atoms with E-state index in [0.29, 0.717) is 12.2 Å². The number of anilines is 1. The van der Waals surface area contributed by atoms with E-state index in [0.717, 1.165) is 11.1 Å². The van der Waals surface area contributed by atoms with Crippen LogP contribution in [0, 0.1) is 0 Å². The van der Waals surface area contributed by atoms with Gasteiger partial charge in [-0.2, -0.15) is 0 Å². The predicted molar refractivity (Wildman–Crippen MR) is 56.0 cm³/mol. The first-order valence-electron chi connectivity index (χ1n) is 4.66. The highest BCUT2D eigenvalue weighted by atomic mass is 16.3. The molecule has 0 amide bonds. The molecule has 2 aromatic rings. The lowest BCUT2D eigenvalue weighted by atomic mass is 10.1. The van der Waals surface area contributed by atoms with Gasteiger partial charge in [0.05, 0.1) is 18.6 Å². The Balaban J connectivity index is 2.09. The van der Waals surface area contributed by atoms with Gasteiger partial charge in [0.25, 0.3) is 0 Å². The molecule has 0 aromatic carbocycles. The van der Waals surface area contributed by atoms with E-state index in [9.17, 15) is 5.11 Å².